The summed E-state index contributed by atoms with van der Waals surface area (Å²) in [5.41, 5.74) is 5.08. The normalized spacial score (nSPS) is 11.4. The van der Waals surface area contributed by atoms with Crippen molar-refractivity contribution in [1.82, 2.24) is 9.97 Å². The standard InChI is InChI=1S/C13H14N2/c1-4-6-11-10(3)14-13-9(2)7-5-8-12(13)15-11/h4-8H,1-3H3. The summed E-state index contributed by atoms with van der Waals surface area (Å²) in [5, 5.41) is 0. The van der Waals surface area contributed by atoms with E-state index < -0.39 is 0 Å². The maximum Gasteiger partial charge on any atom is 0.0919 e. The van der Waals surface area contributed by atoms with E-state index in [2.05, 4.69) is 23.0 Å². The van der Waals surface area contributed by atoms with Crippen LogP contribution in [0, 0.1) is 13.8 Å². The largest absolute Gasteiger partial charge is 0.249 e. The fourth-order valence-electron chi connectivity index (χ4n) is 1.63. The first-order valence-corrected chi connectivity index (χ1v) is 5.09. The molecule has 1 aromatic carbocycles. The monoisotopic (exact) mass is 198 g/mol. The second-order valence-electron chi connectivity index (χ2n) is 3.64. The van der Waals surface area contributed by atoms with Gasteiger partial charge in [-0.2, -0.15) is 0 Å². The highest BCUT2D eigenvalue weighted by atomic mass is 14.8. The molecule has 0 N–H and O–H groups in total. The molecular weight excluding hydrogens is 184 g/mol. The molecule has 1 heterocycles. The smallest absolute Gasteiger partial charge is 0.0919 e. The Balaban J connectivity index is 2.76. The molecule has 2 nitrogen and oxygen atoms in total. The van der Waals surface area contributed by atoms with E-state index >= 15 is 0 Å². The predicted octanol–water partition coefficient (Wildman–Crippen LogP) is 3.28. The third-order valence-corrected chi connectivity index (χ3v) is 2.43. The van der Waals surface area contributed by atoms with Gasteiger partial charge in [-0.05, 0) is 38.5 Å². The van der Waals surface area contributed by atoms with Crippen LogP contribution in [0.1, 0.15) is 23.9 Å². The number of rotatable bonds is 1. The SMILES string of the molecule is CC=Cc1nc2cccc(C)c2nc1C. The topological polar surface area (TPSA) is 25.8 Å². The van der Waals surface area contributed by atoms with Gasteiger partial charge in [0.25, 0.3) is 0 Å². The molecular formula is C13H14N2. The number of benzene rings is 1. The number of fused-ring (bicyclic) bond motifs is 1. The highest BCUT2D eigenvalue weighted by molar-refractivity contribution is 5.79. The first-order valence-electron chi connectivity index (χ1n) is 5.09. The van der Waals surface area contributed by atoms with Crippen LogP contribution in [0.3, 0.4) is 0 Å². The van der Waals surface area contributed by atoms with Crippen molar-refractivity contribution in [1.29, 1.82) is 0 Å². The maximum absolute atomic E-state index is 4.58. The Morgan fingerprint density at radius 1 is 1.13 bits per heavy atom. The number of hydrogen-bond acceptors (Lipinski definition) is 2. The highest BCUT2D eigenvalue weighted by Gasteiger charge is 2.03. The Kier molecular flexibility index (Phi) is 2.50. The van der Waals surface area contributed by atoms with Crippen LogP contribution in [0.2, 0.25) is 0 Å². The van der Waals surface area contributed by atoms with Crippen LogP contribution < -0.4 is 0 Å². The molecule has 0 fully saturated rings. The fraction of sp³-hybridized carbons (Fsp3) is 0.231. The molecule has 0 aliphatic rings. The summed E-state index contributed by atoms with van der Waals surface area (Å²) in [6.45, 7) is 6.04. The third kappa shape index (κ3) is 1.75. The van der Waals surface area contributed by atoms with Gasteiger partial charge in [-0.15, -0.1) is 0 Å². The lowest BCUT2D eigenvalue weighted by Crippen LogP contribution is -1.94. The quantitative estimate of drug-likeness (QED) is 0.702. The van der Waals surface area contributed by atoms with E-state index in [-0.39, 0.29) is 0 Å². The molecule has 2 aromatic rings. The predicted molar refractivity (Wildman–Crippen MR) is 63.7 cm³/mol. The van der Waals surface area contributed by atoms with Gasteiger partial charge in [-0.3, -0.25) is 0 Å². The Bertz CT molecular complexity index is 527. The Hall–Kier alpha value is -1.70. The molecule has 1 aromatic heterocycles. The van der Waals surface area contributed by atoms with E-state index in [1.54, 1.807) is 0 Å². The molecule has 0 bridgehead atoms. The molecule has 0 spiro atoms. The van der Waals surface area contributed by atoms with Crippen LogP contribution in [-0.4, -0.2) is 9.97 Å². The van der Waals surface area contributed by atoms with Crippen LogP contribution in [0.25, 0.3) is 17.1 Å². The number of allylic oxidation sites excluding steroid dienone is 1. The minimum absolute atomic E-state index is 0.954. The zero-order chi connectivity index (χ0) is 10.8. The summed E-state index contributed by atoms with van der Waals surface area (Å²) in [7, 11) is 0. The lowest BCUT2D eigenvalue weighted by molar-refractivity contribution is 1.15. The Morgan fingerprint density at radius 2 is 1.93 bits per heavy atom. The minimum Gasteiger partial charge on any atom is -0.249 e. The van der Waals surface area contributed by atoms with Crippen molar-refractivity contribution >= 4 is 17.1 Å². The van der Waals surface area contributed by atoms with Crippen LogP contribution in [-0.2, 0) is 0 Å². The number of nitrogens with zero attached hydrogens (tertiary/aromatic N) is 2. The van der Waals surface area contributed by atoms with Gasteiger partial charge < -0.3 is 0 Å². The molecule has 0 unspecified atom stereocenters. The molecule has 0 saturated carbocycles. The fourth-order valence-corrected chi connectivity index (χ4v) is 1.63. The summed E-state index contributed by atoms with van der Waals surface area (Å²) in [5.74, 6) is 0. The van der Waals surface area contributed by atoms with Crippen molar-refractivity contribution in [3.63, 3.8) is 0 Å². The molecule has 2 heteroatoms. The molecule has 0 saturated heterocycles. The average Bonchev–Trinajstić information content (AvgIpc) is 2.21. The van der Waals surface area contributed by atoms with Crippen LogP contribution in [0.4, 0.5) is 0 Å². The number of aromatic nitrogens is 2. The third-order valence-electron chi connectivity index (χ3n) is 2.43. The van der Waals surface area contributed by atoms with Gasteiger partial charge in [0.15, 0.2) is 0 Å². The highest BCUT2D eigenvalue weighted by Crippen LogP contribution is 2.16. The van der Waals surface area contributed by atoms with E-state index in [0.29, 0.717) is 0 Å². The first kappa shape index (κ1) is 9.84. The molecule has 76 valence electrons. The van der Waals surface area contributed by atoms with Crippen molar-refractivity contribution in [2.45, 2.75) is 20.8 Å². The van der Waals surface area contributed by atoms with Crippen LogP contribution >= 0.6 is 0 Å². The molecule has 2 rings (SSSR count). The molecule has 0 aliphatic carbocycles. The van der Waals surface area contributed by atoms with Crippen LogP contribution in [0.15, 0.2) is 24.3 Å². The van der Waals surface area contributed by atoms with Crippen molar-refractivity contribution in [2.24, 2.45) is 0 Å². The van der Waals surface area contributed by atoms with Gasteiger partial charge in [0.05, 0.1) is 22.4 Å². The van der Waals surface area contributed by atoms with Gasteiger partial charge in [-0.25, -0.2) is 9.97 Å². The Labute approximate surface area is 89.7 Å². The van der Waals surface area contributed by atoms with E-state index in [1.807, 2.05) is 38.1 Å². The molecule has 0 radical (unpaired) electrons. The minimum atomic E-state index is 0.954. The number of hydrogen-bond donors (Lipinski definition) is 0. The van der Waals surface area contributed by atoms with Crippen molar-refractivity contribution in [2.75, 3.05) is 0 Å². The van der Waals surface area contributed by atoms with Crippen molar-refractivity contribution in [3.8, 4) is 0 Å². The number of aryl methyl sites for hydroxylation is 2. The lowest BCUT2D eigenvalue weighted by Gasteiger charge is -2.04. The lowest BCUT2D eigenvalue weighted by atomic mass is 10.2. The second kappa shape index (κ2) is 3.81. The molecule has 0 atom stereocenters. The zero-order valence-electron chi connectivity index (χ0n) is 9.28. The van der Waals surface area contributed by atoms with Crippen LogP contribution in [0.5, 0.6) is 0 Å². The van der Waals surface area contributed by atoms with E-state index in [1.165, 1.54) is 5.56 Å². The van der Waals surface area contributed by atoms with E-state index in [4.69, 9.17) is 0 Å². The van der Waals surface area contributed by atoms with Gasteiger partial charge >= 0.3 is 0 Å². The van der Waals surface area contributed by atoms with Gasteiger partial charge in [0.1, 0.15) is 0 Å². The molecule has 0 amide bonds. The van der Waals surface area contributed by atoms with E-state index in [0.717, 1.165) is 22.4 Å². The van der Waals surface area contributed by atoms with Gasteiger partial charge in [0.2, 0.25) is 0 Å². The zero-order valence-corrected chi connectivity index (χ0v) is 9.28. The molecule has 15 heavy (non-hydrogen) atoms. The van der Waals surface area contributed by atoms with Crippen molar-refractivity contribution < 1.29 is 0 Å². The molecule has 0 aliphatic heterocycles. The summed E-state index contributed by atoms with van der Waals surface area (Å²) in [6, 6.07) is 6.08. The Morgan fingerprint density at radius 3 is 2.67 bits per heavy atom. The first-order chi connectivity index (χ1) is 7.22. The summed E-state index contributed by atoms with van der Waals surface area (Å²) in [4.78, 5) is 9.16. The van der Waals surface area contributed by atoms with Gasteiger partial charge in [0, 0.05) is 0 Å². The second-order valence-corrected chi connectivity index (χ2v) is 3.64. The summed E-state index contributed by atoms with van der Waals surface area (Å²) in [6.07, 6.45) is 3.97. The number of para-hydroxylation sites is 1. The average molecular weight is 198 g/mol. The van der Waals surface area contributed by atoms with E-state index in [9.17, 15) is 0 Å². The summed E-state index contributed by atoms with van der Waals surface area (Å²) >= 11 is 0. The van der Waals surface area contributed by atoms with Crippen molar-refractivity contribution in [3.05, 3.63) is 41.2 Å². The maximum atomic E-state index is 4.58. The summed E-state index contributed by atoms with van der Waals surface area (Å²) < 4.78 is 0. The van der Waals surface area contributed by atoms with Gasteiger partial charge in [-0.1, -0.05) is 18.2 Å².